The van der Waals surface area contributed by atoms with Gasteiger partial charge in [-0.25, -0.2) is 0 Å². The molecule has 0 aromatic heterocycles. The number of hydrogen-bond acceptors (Lipinski definition) is 9. The molecule has 0 bridgehead atoms. The van der Waals surface area contributed by atoms with E-state index in [-0.39, 0.29) is 5.79 Å². The van der Waals surface area contributed by atoms with E-state index >= 15 is 0 Å². The molecule has 0 spiro atoms. The van der Waals surface area contributed by atoms with Crippen LogP contribution in [0.5, 0.6) is 0 Å². The van der Waals surface area contributed by atoms with Crippen molar-refractivity contribution in [2.24, 2.45) is 0 Å². The maximum atomic E-state index is 5.58. The standard InChI is InChI=1S/C18H46N2O7Si4/c1-21-29(8,22-2)15-10-12-19-18(20-13-11-16-30(9,23-3)24-4)28-14-17-31(25-5,26-6)27-7/h14,17-20H,10-13,15-16,28H2,1-9H3. The van der Waals surface area contributed by atoms with Crippen molar-refractivity contribution in [2.45, 2.75) is 43.8 Å². The molecule has 0 atom stereocenters. The summed E-state index contributed by atoms with van der Waals surface area (Å²) in [6.07, 6.45) is 2.01. The maximum absolute atomic E-state index is 5.58. The van der Waals surface area contributed by atoms with Gasteiger partial charge < -0.3 is 41.6 Å². The van der Waals surface area contributed by atoms with Crippen LogP contribution in [0.3, 0.4) is 0 Å². The molecule has 31 heavy (non-hydrogen) atoms. The van der Waals surface area contributed by atoms with Gasteiger partial charge in [-0.2, -0.15) is 0 Å². The summed E-state index contributed by atoms with van der Waals surface area (Å²) in [7, 11) is 4.44. The maximum Gasteiger partial charge on any atom is 0.528 e. The summed E-state index contributed by atoms with van der Waals surface area (Å²) in [6, 6.07) is 1.91. The van der Waals surface area contributed by atoms with E-state index in [2.05, 4.69) is 29.4 Å². The van der Waals surface area contributed by atoms with E-state index in [9.17, 15) is 0 Å². The molecule has 2 N–H and O–H groups in total. The third-order valence-corrected chi connectivity index (χ3v) is 16.0. The molecular weight excluding hydrogens is 469 g/mol. The summed E-state index contributed by atoms with van der Waals surface area (Å²) in [5, 5.41) is 7.32. The quantitative estimate of drug-likeness (QED) is 0.141. The fourth-order valence-electron chi connectivity index (χ4n) is 2.99. The van der Waals surface area contributed by atoms with Gasteiger partial charge >= 0.3 is 25.9 Å². The number of nitrogens with one attached hydrogen (secondary N) is 2. The lowest BCUT2D eigenvalue weighted by Gasteiger charge is -2.25. The summed E-state index contributed by atoms with van der Waals surface area (Å²) < 4.78 is 38.8. The van der Waals surface area contributed by atoms with Crippen molar-refractivity contribution in [3.63, 3.8) is 0 Å². The summed E-state index contributed by atoms with van der Waals surface area (Å²) in [6.45, 7) is 5.99. The molecule has 13 heteroatoms. The van der Waals surface area contributed by atoms with Crippen LogP contribution in [-0.2, 0) is 31.0 Å². The zero-order valence-corrected chi connectivity index (χ0v) is 25.5. The highest BCUT2D eigenvalue weighted by molar-refractivity contribution is 6.67. The Morgan fingerprint density at radius 1 is 0.677 bits per heavy atom. The second-order valence-electron chi connectivity index (χ2n) is 7.61. The molecule has 186 valence electrons. The summed E-state index contributed by atoms with van der Waals surface area (Å²) in [5.74, 6) is 0.254. The van der Waals surface area contributed by atoms with Gasteiger partial charge in [0.2, 0.25) is 0 Å². The van der Waals surface area contributed by atoms with Crippen LogP contribution in [0.15, 0.2) is 11.4 Å². The van der Waals surface area contributed by atoms with Gasteiger partial charge in [0.1, 0.15) is 0 Å². The van der Waals surface area contributed by atoms with Gasteiger partial charge in [-0.3, -0.25) is 0 Å². The molecule has 0 aromatic carbocycles. The Bertz CT molecular complexity index is 446. The molecule has 0 saturated carbocycles. The number of rotatable bonds is 20. The molecule has 0 heterocycles. The average Bonchev–Trinajstić information content (AvgIpc) is 2.81. The van der Waals surface area contributed by atoms with Crippen molar-refractivity contribution < 1.29 is 31.0 Å². The first-order valence-electron chi connectivity index (χ1n) is 10.7. The van der Waals surface area contributed by atoms with Crippen molar-refractivity contribution in [3.05, 3.63) is 11.4 Å². The predicted molar refractivity (Wildman–Crippen MR) is 134 cm³/mol. The monoisotopic (exact) mass is 514 g/mol. The minimum Gasteiger partial charge on any atom is -0.398 e. The van der Waals surface area contributed by atoms with Crippen LogP contribution in [0.4, 0.5) is 0 Å². The Morgan fingerprint density at radius 2 is 1.06 bits per heavy atom. The van der Waals surface area contributed by atoms with Gasteiger partial charge in [-0.15, -0.1) is 0 Å². The highest BCUT2D eigenvalue weighted by Crippen LogP contribution is 2.14. The smallest absolute Gasteiger partial charge is 0.398 e. The second-order valence-corrected chi connectivity index (χ2v) is 19.3. The average molecular weight is 515 g/mol. The predicted octanol–water partition coefficient (Wildman–Crippen LogP) is 1.06. The van der Waals surface area contributed by atoms with E-state index in [1.165, 1.54) is 0 Å². The van der Waals surface area contributed by atoms with Crippen LogP contribution >= 0.6 is 0 Å². The lowest BCUT2D eigenvalue weighted by molar-refractivity contribution is 0.138. The highest BCUT2D eigenvalue weighted by atomic mass is 28.4. The molecular formula is C18H46N2O7Si4. The third-order valence-electron chi connectivity index (χ3n) is 5.67. The normalized spacial score (nSPS) is 14.0. The van der Waals surface area contributed by atoms with Gasteiger partial charge in [-0.05, 0) is 56.8 Å². The molecule has 0 aromatic rings. The third kappa shape index (κ3) is 12.3. The van der Waals surface area contributed by atoms with Gasteiger partial charge in [0.05, 0.1) is 9.52 Å². The van der Waals surface area contributed by atoms with E-state index in [1.807, 2.05) is 5.70 Å². The molecule has 0 unspecified atom stereocenters. The van der Waals surface area contributed by atoms with Gasteiger partial charge in [0, 0.05) is 55.6 Å². The van der Waals surface area contributed by atoms with Gasteiger partial charge in [-0.1, -0.05) is 5.70 Å². The Morgan fingerprint density at radius 3 is 1.39 bits per heavy atom. The first kappa shape index (κ1) is 31.2. The number of hydrogen-bond donors (Lipinski definition) is 2. The van der Waals surface area contributed by atoms with Crippen molar-refractivity contribution in [1.82, 2.24) is 10.6 Å². The summed E-state index contributed by atoms with van der Waals surface area (Å²) in [5.41, 5.74) is 4.18. The fourth-order valence-corrected chi connectivity index (χ4v) is 9.40. The summed E-state index contributed by atoms with van der Waals surface area (Å²) >= 11 is 0. The van der Waals surface area contributed by atoms with Crippen molar-refractivity contribution >= 4 is 35.4 Å². The van der Waals surface area contributed by atoms with Crippen LogP contribution in [0.1, 0.15) is 12.8 Å². The fraction of sp³-hybridized carbons (Fsp3) is 0.889. The molecule has 0 rings (SSSR count). The first-order valence-corrected chi connectivity index (χ1v) is 19.2. The molecule has 9 nitrogen and oxygen atoms in total. The van der Waals surface area contributed by atoms with Crippen LogP contribution < -0.4 is 10.6 Å². The van der Waals surface area contributed by atoms with E-state index in [4.69, 9.17) is 31.0 Å². The molecule has 0 aliphatic carbocycles. The second kappa shape index (κ2) is 16.8. The Balaban J connectivity index is 4.77. The molecule has 0 saturated heterocycles. The minimum atomic E-state index is -2.69. The lowest BCUT2D eigenvalue weighted by Crippen LogP contribution is -2.48. The van der Waals surface area contributed by atoms with Crippen molar-refractivity contribution in [1.29, 1.82) is 0 Å². The Labute approximate surface area is 195 Å². The molecule has 0 fully saturated rings. The van der Waals surface area contributed by atoms with Gasteiger partial charge in [0.15, 0.2) is 0 Å². The molecule has 0 amide bonds. The van der Waals surface area contributed by atoms with Crippen molar-refractivity contribution in [2.75, 3.05) is 62.9 Å². The van der Waals surface area contributed by atoms with Crippen molar-refractivity contribution in [3.8, 4) is 0 Å². The zero-order chi connectivity index (χ0) is 23.8. The Kier molecular flexibility index (Phi) is 16.9. The van der Waals surface area contributed by atoms with E-state index in [0.29, 0.717) is 0 Å². The first-order chi connectivity index (χ1) is 14.7. The van der Waals surface area contributed by atoms with E-state index < -0.39 is 35.4 Å². The molecule has 0 radical (unpaired) electrons. The molecule has 0 aliphatic heterocycles. The van der Waals surface area contributed by atoms with Crippen LogP contribution in [0, 0.1) is 0 Å². The van der Waals surface area contributed by atoms with Crippen LogP contribution in [0.25, 0.3) is 0 Å². The lowest BCUT2D eigenvalue weighted by atomic mass is 10.4. The SMILES string of the molecule is CO[Si](C)(CCCNC(NCCC[Si](C)(OC)OC)[SiH2]C=C[Si](OC)(OC)OC)OC. The highest BCUT2D eigenvalue weighted by Gasteiger charge is 2.34. The largest absolute Gasteiger partial charge is 0.528 e. The van der Waals surface area contributed by atoms with E-state index in [0.717, 1.165) is 38.0 Å². The molecule has 0 aliphatic rings. The minimum absolute atomic E-state index is 0.254. The van der Waals surface area contributed by atoms with Crippen LogP contribution in [0.2, 0.25) is 25.2 Å². The zero-order valence-electron chi connectivity index (χ0n) is 21.0. The topological polar surface area (TPSA) is 88.7 Å². The van der Waals surface area contributed by atoms with E-state index in [1.54, 1.807) is 49.8 Å². The Hall–Kier alpha value is 0.248. The summed E-state index contributed by atoms with van der Waals surface area (Å²) in [4.78, 5) is 0. The van der Waals surface area contributed by atoms with Crippen LogP contribution in [-0.4, -0.2) is 104 Å². The van der Waals surface area contributed by atoms with Gasteiger partial charge in [0.25, 0.3) is 0 Å².